The molecule has 1 atom stereocenters. The van der Waals surface area contributed by atoms with E-state index in [-0.39, 0.29) is 30.2 Å². The molecule has 1 amide bonds. The van der Waals surface area contributed by atoms with Crippen molar-refractivity contribution in [3.05, 3.63) is 93.9 Å². The first-order valence-corrected chi connectivity index (χ1v) is 13.3. The molecule has 0 spiro atoms. The van der Waals surface area contributed by atoms with E-state index in [9.17, 15) is 13.6 Å². The second-order valence-corrected chi connectivity index (χ2v) is 10.5. The van der Waals surface area contributed by atoms with Crippen molar-refractivity contribution in [1.29, 1.82) is 0 Å². The van der Waals surface area contributed by atoms with E-state index < -0.39 is 12.0 Å². The molecule has 2 aromatic carbocycles. The van der Waals surface area contributed by atoms with Crippen LogP contribution in [0.4, 0.5) is 20.4 Å². The van der Waals surface area contributed by atoms with E-state index in [1.165, 1.54) is 12.2 Å². The predicted octanol–water partition coefficient (Wildman–Crippen LogP) is 6.00. The molecule has 206 valence electrons. The SMILES string of the molecule is CN(C)CCN(C)C(=O)c1ccc(Nc2ncc3c(n2)-c2ccc(Cl)cc2C(C2=C(F)C=CCC2F)=NC3)cc1. The van der Waals surface area contributed by atoms with Gasteiger partial charge < -0.3 is 15.1 Å². The minimum absolute atomic E-state index is 0.0590. The third-order valence-corrected chi connectivity index (χ3v) is 7.05. The number of aromatic nitrogens is 2. The van der Waals surface area contributed by atoms with E-state index in [0.29, 0.717) is 51.2 Å². The van der Waals surface area contributed by atoms with Crippen molar-refractivity contribution in [2.24, 2.45) is 4.99 Å². The zero-order valence-corrected chi connectivity index (χ0v) is 23.2. The van der Waals surface area contributed by atoms with Gasteiger partial charge in [-0.1, -0.05) is 23.7 Å². The number of alkyl halides is 1. The van der Waals surface area contributed by atoms with Crippen molar-refractivity contribution in [2.45, 2.75) is 19.1 Å². The number of carbonyl (C=O) groups excluding carboxylic acids is 1. The Morgan fingerprint density at radius 1 is 1.10 bits per heavy atom. The number of nitrogens with zero attached hydrogens (tertiary/aromatic N) is 5. The van der Waals surface area contributed by atoms with Crippen LogP contribution in [0.5, 0.6) is 0 Å². The van der Waals surface area contributed by atoms with E-state index in [1.54, 1.807) is 60.6 Å². The van der Waals surface area contributed by atoms with E-state index in [2.05, 4.69) is 15.3 Å². The highest BCUT2D eigenvalue weighted by molar-refractivity contribution is 6.31. The molecule has 0 saturated heterocycles. The summed E-state index contributed by atoms with van der Waals surface area (Å²) in [5.74, 6) is -0.371. The van der Waals surface area contributed by atoms with Crippen LogP contribution < -0.4 is 5.32 Å². The standard InChI is InChI=1S/C30H29ClF2N6O/c1-38(2)13-14-39(3)29(40)18-7-10-21(11-8-18)36-30-35-17-19-16-34-28(26-24(32)5-4-6-25(26)33)23-15-20(31)9-12-22(23)27(19)37-30/h4-5,7-12,15,17,25H,6,13-14,16H2,1-3H3,(H,35,36,37). The van der Waals surface area contributed by atoms with Crippen LogP contribution >= 0.6 is 11.6 Å². The van der Waals surface area contributed by atoms with Crippen LogP contribution in [0.15, 0.2) is 77.2 Å². The number of anilines is 2. The first-order chi connectivity index (χ1) is 19.2. The number of amides is 1. The monoisotopic (exact) mass is 562 g/mol. The number of nitrogens with one attached hydrogen (secondary N) is 1. The fourth-order valence-corrected chi connectivity index (χ4v) is 4.79. The molecule has 0 radical (unpaired) electrons. The molecule has 2 heterocycles. The van der Waals surface area contributed by atoms with Gasteiger partial charge in [0.15, 0.2) is 0 Å². The average Bonchev–Trinajstić information content (AvgIpc) is 3.08. The zero-order chi connectivity index (χ0) is 28.4. The highest BCUT2D eigenvalue weighted by Gasteiger charge is 2.30. The molecular formula is C30H29ClF2N6O. The summed E-state index contributed by atoms with van der Waals surface area (Å²) >= 11 is 6.31. The molecule has 0 saturated carbocycles. The van der Waals surface area contributed by atoms with E-state index in [4.69, 9.17) is 16.6 Å². The maximum Gasteiger partial charge on any atom is 0.253 e. The third-order valence-electron chi connectivity index (χ3n) is 6.81. The summed E-state index contributed by atoms with van der Waals surface area (Å²) in [5, 5.41) is 3.61. The number of hydrogen-bond donors (Lipinski definition) is 1. The van der Waals surface area contributed by atoms with Gasteiger partial charge in [0.2, 0.25) is 5.95 Å². The number of fused-ring (bicyclic) bond motifs is 3. The summed E-state index contributed by atoms with van der Waals surface area (Å²) in [4.78, 5) is 30.2. The van der Waals surface area contributed by atoms with Crippen molar-refractivity contribution in [2.75, 3.05) is 39.5 Å². The molecule has 1 aliphatic carbocycles. The Morgan fingerprint density at radius 2 is 1.88 bits per heavy atom. The van der Waals surface area contributed by atoms with Crippen LogP contribution in [0.25, 0.3) is 11.3 Å². The first-order valence-electron chi connectivity index (χ1n) is 12.9. The molecule has 7 nitrogen and oxygen atoms in total. The zero-order valence-electron chi connectivity index (χ0n) is 22.5. The van der Waals surface area contributed by atoms with Crippen LogP contribution in [-0.4, -0.2) is 71.8 Å². The molecule has 2 aliphatic rings. The van der Waals surface area contributed by atoms with Gasteiger partial charge in [0.05, 0.1) is 18.0 Å². The van der Waals surface area contributed by atoms with E-state index >= 15 is 0 Å². The van der Waals surface area contributed by atoms with Gasteiger partial charge in [-0.3, -0.25) is 9.79 Å². The molecular weight excluding hydrogens is 534 g/mol. The molecule has 5 rings (SSSR count). The molecule has 0 fully saturated rings. The Bertz CT molecular complexity index is 1530. The lowest BCUT2D eigenvalue weighted by molar-refractivity contribution is 0.0786. The van der Waals surface area contributed by atoms with E-state index in [0.717, 1.165) is 6.54 Å². The largest absolute Gasteiger partial charge is 0.340 e. The minimum atomic E-state index is -1.51. The average molecular weight is 563 g/mol. The molecule has 10 heteroatoms. The van der Waals surface area contributed by atoms with Gasteiger partial charge in [-0.15, -0.1) is 0 Å². The Morgan fingerprint density at radius 3 is 2.60 bits per heavy atom. The fraction of sp³-hybridized carbons (Fsp3) is 0.267. The lowest BCUT2D eigenvalue weighted by atomic mass is 9.90. The number of allylic oxidation sites excluding steroid dienone is 4. The highest BCUT2D eigenvalue weighted by atomic mass is 35.5. The number of halogens is 3. The van der Waals surface area contributed by atoms with Crippen LogP contribution in [-0.2, 0) is 6.54 Å². The third kappa shape index (κ3) is 5.80. The molecule has 1 aromatic heterocycles. The quantitative estimate of drug-likeness (QED) is 0.382. The van der Waals surface area contributed by atoms with Gasteiger partial charge in [-0.05, 0) is 56.6 Å². The number of benzene rings is 2. The van der Waals surface area contributed by atoms with Crippen molar-refractivity contribution in [3.8, 4) is 11.3 Å². The van der Waals surface area contributed by atoms with Crippen molar-refractivity contribution in [3.63, 3.8) is 0 Å². The maximum atomic E-state index is 14.9. The van der Waals surface area contributed by atoms with Crippen LogP contribution in [0.1, 0.15) is 27.9 Å². The Kier molecular flexibility index (Phi) is 8.04. The maximum absolute atomic E-state index is 14.9. The molecule has 1 aliphatic heterocycles. The molecule has 40 heavy (non-hydrogen) atoms. The van der Waals surface area contributed by atoms with Crippen molar-refractivity contribution >= 4 is 34.9 Å². The molecule has 1 N–H and O–H groups in total. The smallest absolute Gasteiger partial charge is 0.253 e. The van der Waals surface area contributed by atoms with Gasteiger partial charge >= 0.3 is 0 Å². The Labute approximate surface area is 236 Å². The molecule has 1 unspecified atom stereocenters. The summed E-state index contributed by atoms with van der Waals surface area (Å²) in [6, 6.07) is 12.3. The fourth-order valence-electron chi connectivity index (χ4n) is 4.62. The number of aliphatic imine (C=N–C) groups is 1. The van der Waals surface area contributed by atoms with Gasteiger partial charge in [0.1, 0.15) is 12.0 Å². The summed E-state index contributed by atoms with van der Waals surface area (Å²) < 4.78 is 29.7. The lowest BCUT2D eigenvalue weighted by Gasteiger charge is -2.20. The lowest BCUT2D eigenvalue weighted by Crippen LogP contribution is -2.33. The topological polar surface area (TPSA) is 73.7 Å². The van der Waals surface area contributed by atoms with Crippen molar-refractivity contribution in [1.82, 2.24) is 19.8 Å². The van der Waals surface area contributed by atoms with Crippen molar-refractivity contribution < 1.29 is 13.6 Å². The van der Waals surface area contributed by atoms with Crippen LogP contribution in [0, 0.1) is 0 Å². The van der Waals surface area contributed by atoms with Crippen LogP contribution in [0.3, 0.4) is 0 Å². The van der Waals surface area contributed by atoms with Gasteiger partial charge in [-0.25, -0.2) is 18.7 Å². The summed E-state index contributed by atoms with van der Waals surface area (Å²) in [6.07, 6.45) is 2.98. The molecule has 3 aromatic rings. The number of rotatable bonds is 7. The van der Waals surface area contributed by atoms with Gasteiger partial charge in [-0.2, -0.15) is 0 Å². The summed E-state index contributed by atoms with van der Waals surface area (Å²) in [6.45, 7) is 1.56. The van der Waals surface area contributed by atoms with Gasteiger partial charge in [0, 0.05) is 71.3 Å². The van der Waals surface area contributed by atoms with Gasteiger partial charge in [0.25, 0.3) is 5.91 Å². The number of hydrogen-bond acceptors (Lipinski definition) is 6. The first kappa shape index (κ1) is 27.6. The molecule has 0 bridgehead atoms. The minimum Gasteiger partial charge on any atom is -0.340 e. The number of likely N-dealkylation sites (N-methyl/N-ethyl adjacent to an activating group) is 2. The van der Waals surface area contributed by atoms with Crippen LogP contribution in [0.2, 0.25) is 5.02 Å². The second kappa shape index (κ2) is 11.7. The summed E-state index contributed by atoms with van der Waals surface area (Å²) in [7, 11) is 5.72. The number of carbonyl (C=O) groups is 1. The highest BCUT2D eigenvalue weighted by Crippen LogP contribution is 2.37. The second-order valence-electron chi connectivity index (χ2n) is 10.0. The normalized spacial score (nSPS) is 16.3. The predicted molar refractivity (Wildman–Crippen MR) is 155 cm³/mol. The Balaban J connectivity index is 1.42. The summed E-state index contributed by atoms with van der Waals surface area (Å²) in [5.41, 5.74) is 3.92. The Hall–Kier alpha value is -3.95. The van der Waals surface area contributed by atoms with E-state index in [1.807, 2.05) is 19.0 Å².